The Morgan fingerprint density at radius 1 is 0.919 bits per heavy atom. The monoisotopic (exact) mass is 512 g/mol. The van der Waals surface area contributed by atoms with E-state index in [9.17, 15) is 24.0 Å². The van der Waals surface area contributed by atoms with Crippen molar-refractivity contribution in [3.05, 3.63) is 34.9 Å². The Morgan fingerprint density at radius 3 is 2.19 bits per heavy atom. The number of amides is 5. The molecule has 1 aliphatic carbocycles. The molecular formula is C27H36N4O6. The summed E-state index contributed by atoms with van der Waals surface area (Å²) in [4.78, 5) is 68.1. The molecule has 37 heavy (non-hydrogen) atoms. The summed E-state index contributed by atoms with van der Waals surface area (Å²) in [6.07, 6.45) is 4.39. The number of nitrogens with zero attached hydrogens (tertiary/aromatic N) is 3. The highest BCUT2D eigenvalue weighted by Gasteiger charge is 2.40. The molecular weight excluding hydrogens is 476 g/mol. The van der Waals surface area contributed by atoms with Crippen molar-refractivity contribution in [1.29, 1.82) is 0 Å². The van der Waals surface area contributed by atoms with Gasteiger partial charge in [0.1, 0.15) is 5.60 Å². The first-order valence-corrected chi connectivity index (χ1v) is 13.1. The van der Waals surface area contributed by atoms with Gasteiger partial charge >= 0.3 is 6.09 Å². The molecule has 1 N–H and O–H groups in total. The number of benzene rings is 1. The summed E-state index contributed by atoms with van der Waals surface area (Å²) in [7, 11) is 0. The highest BCUT2D eigenvalue weighted by Crippen LogP contribution is 2.31. The first-order valence-electron chi connectivity index (χ1n) is 13.1. The summed E-state index contributed by atoms with van der Waals surface area (Å²) in [5.74, 6) is -0.901. The predicted octanol–water partition coefficient (Wildman–Crippen LogP) is 2.81. The van der Waals surface area contributed by atoms with Gasteiger partial charge in [0, 0.05) is 50.7 Å². The van der Waals surface area contributed by atoms with E-state index in [0.29, 0.717) is 42.9 Å². The lowest BCUT2D eigenvalue weighted by Gasteiger charge is -2.35. The number of fused-ring (bicyclic) bond motifs is 1. The average molecular weight is 513 g/mol. The maximum atomic E-state index is 13.2. The van der Waals surface area contributed by atoms with E-state index in [2.05, 4.69) is 5.32 Å². The maximum absolute atomic E-state index is 13.2. The van der Waals surface area contributed by atoms with Crippen molar-refractivity contribution in [1.82, 2.24) is 20.0 Å². The Balaban J connectivity index is 1.29. The van der Waals surface area contributed by atoms with E-state index in [1.54, 1.807) is 48.8 Å². The zero-order valence-corrected chi connectivity index (χ0v) is 21.9. The average Bonchev–Trinajstić information content (AvgIpc) is 3.12. The zero-order valence-electron chi connectivity index (χ0n) is 21.9. The minimum atomic E-state index is -0.604. The molecule has 0 aromatic heterocycles. The Kier molecular flexibility index (Phi) is 7.85. The molecule has 0 spiro atoms. The number of ether oxygens (including phenoxy) is 1. The van der Waals surface area contributed by atoms with Gasteiger partial charge in [-0.25, -0.2) is 4.79 Å². The van der Waals surface area contributed by atoms with Crippen molar-refractivity contribution in [3.63, 3.8) is 0 Å². The molecule has 5 amide bonds. The third-order valence-electron chi connectivity index (χ3n) is 7.03. The van der Waals surface area contributed by atoms with Crippen LogP contribution < -0.4 is 5.32 Å². The van der Waals surface area contributed by atoms with Gasteiger partial charge in [0.2, 0.25) is 5.91 Å². The van der Waals surface area contributed by atoms with E-state index in [-0.39, 0.29) is 42.6 Å². The third kappa shape index (κ3) is 6.11. The van der Waals surface area contributed by atoms with Crippen LogP contribution in [0.4, 0.5) is 4.79 Å². The summed E-state index contributed by atoms with van der Waals surface area (Å²) in [6.45, 7) is 6.97. The molecule has 0 radical (unpaired) electrons. The van der Waals surface area contributed by atoms with Crippen molar-refractivity contribution in [2.45, 2.75) is 70.9 Å². The molecule has 200 valence electrons. The van der Waals surface area contributed by atoms with Crippen LogP contribution in [0.3, 0.4) is 0 Å². The van der Waals surface area contributed by atoms with Gasteiger partial charge in [0.05, 0.1) is 11.1 Å². The fourth-order valence-corrected chi connectivity index (χ4v) is 5.15. The van der Waals surface area contributed by atoms with Gasteiger partial charge in [0.15, 0.2) is 0 Å². The number of hydrogen-bond donors (Lipinski definition) is 1. The molecule has 2 fully saturated rings. The Morgan fingerprint density at radius 2 is 1.54 bits per heavy atom. The lowest BCUT2D eigenvalue weighted by Crippen LogP contribution is -2.51. The first-order chi connectivity index (χ1) is 17.5. The molecule has 1 aromatic carbocycles. The van der Waals surface area contributed by atoms with Crippen LogP contribution in [0.25, 0.3) is 0 Å². The molecule has 1 saturated carbocycles. The van der Waals surface area contributed by atoms with Gasteiger partial charge in [-0.15, -0.1) is 0 Å². The number of hydrogen-bond acceptors (Lipinski definition) is 6. The molecule has 0 atom stereocenters. The molecule has 1 saturated heterocycles. The molecule has 1 aromatic rings. The second kappa shape index (κ2) is 10.9. The van der Waals surface area contributed by atoms with Crippen molar-refractivity contribution in [2.24, 2.45) is 0 Å². The van der Waals surface area contributed by atoms with Gasteiger partial charge in [-0.2, -0.15) is 0 Å². The predicted molar refractivity (Wildman–Crippen MR) is 135 cm³/mol. The highest BCUT2D eigenvalue weighted by atomic mass is 16.6. The fraction of sp³-hybridized carbons (Fsp3) is 0.593. The Bertz CT molecular complexity index is 1080. The number of carbonyl (C=O) groups is 5. The minimum absolute atomic E-state index is 0.0646. The van der Waals surface area contributed by atoms with Crippen molar-refractivity contribution in [3.8, 4) is 0 Å². The lowest BCUT2D eigenvalue weighted by atomic mass is 9.94. The Labute approximate surface area is 217 Å². The van der Waals surface area contributed by atoms with E-state index < -0.39 is 11.7 Å². The second-order valence-corrected chi connectivity index (χ2v) is 10.9. The van der Waals surface area contributed by atoms with Crippen LogP contribution in [0.1, 0.15) is 90.4 Å². The lowest BCUT2D eigenvalue weighted by molar-refractivity contribution is -0.132. The summed E-state index contributed by atoms with van der Waals surface area (Å²) < 4.78 is 5.16. The topological polar surface area (TPSA) is 116 Å². The molecule has 10 heteroatoms. The van der Waals surface area contributed by atoms with Crippen LogP contribution >= 0.6 is 0 Å². The minimum Gasteiger partial charge on any atom is -0.444 e. The normalized spacial score (nSPS) is 18.6. The molecule has 0 bridgehead atoms. The molecule has 2 aliphatic heterocycles. The fourth-order valence-electron chi connectivity index (χ4n) is 5.15. The van der Waals surface area contributed by atoms with E-state index in [4.69, 9.17) is 4.74 Å². The number of alkyl carbamates (subject to hydrolysis) is 1. The molecule has 10 nitrogen and oxygen atoms in total. The van der Waals surface area contributed by atoms with Gasteiger partial charge in [-0.1, -0.05) is 19.3 Å². The van der Waals surface area contributed by atoms with Gasteiger partial charge in [-0.05, 0) is 51.8 Å². The van der Waals surface area contributed by atoms with Gasteiger partial charge in [-0.3, -0.25) is 24.1 Å². The van der Waals surface area contributed by atoms with Crippen molar-refractivity contribution in [2.75, 3.05) is 32.7 Å². The first kappa shape index (κ1) is 26.6. The quantitative estimate of drug-likeness (QED) is 0.607. The standard InChI is InChI=1S/C27H36N4O6/c1-27(2,3)37-26(36)28-12-11-22(32)29-13-15-30(16-14-29)23(33)18-9-10-20-21(17-18)25(35)31(24(20)34)19-7-5-4-6-8-19/h9-10,17,19H,4-8,11-16H2,1-3H3,(H,28,36). The van der Waals surface area contributed by atoms with Crippen molar-refractivity contribution < 1.29 is 28.7 Å². The SMILES string of the molecule is CC(C)(C)OC(=O)NCCC(=O)N1CCN(C(=O)c2ccc3c(c2)C(=O)N(C2CCCCC2)C3=O)CC1. The Hall–Kier alpha value is -3.43. The third-order valence-corrected chi connectivity index (χ3v) is 7.03. The van der Waals surface area contributed by atoms with Crippen LogP contribution in [-0.4, -0.2) is 88.8 Å². The van der Waals surface area contributed by atoms with Crippen molar-refractivity contribution >= 4 is 29.7 Å². The number of nitrogens with one attached hydrogen (secondary N) is 1. The van der Waals surface area contributed by atoms with Gasteiger partial charge in [0.25, 0.3) is 17.7 Å². The number of piperazine rings is 1. The van der Waals surface area contributed by atoms with E-state index in [0.717, 1.165) is 32.1 Å². The molecule has 4 rings (SSSR count). The van der Waals surface area contributed by atoms with Crippen LogP contribution in [0.2, 0.25) is 0 Å². The van der Waals surface area contributed by atoms with E-state index in [1.807, 2.05) is 0 Å². The summed E-state index contributed by atoms with van der Waals surface area (Å²) in [5.41, 5.74) is 0.426. The smallest absolute Gasteiger partial charge is 0.407 e. The van der Waals surface area contributed by atoms with Crippen LogP contribution in [-0.2, 0) is 9.53 Å². The number of carbonyl (C=O) groups excluding carboxylic acids is 5. The number of imide groups is 1. The highest BCUT2D eigenvalue weighted by molar-refractivity contribution is 6.22. The summed E-state index contributed by atoms with van der Waals surface area (Å²) in [6, 6.07) is 4.67. The molecule has 3 aliphatic rings. The van der Waals surface area contributed by atoms with E-state index >= 15 is 0 Å². The number of rotatable bonds is 5. The maximum Gasteiger partial charge on any atom is 0.407 e. The molecule has 2 heterocycles. The largest absolute Gasteiger partial charge is 0.444 e. The van der Waals surface area contributed by atoms with Crippen LogP contribution in [0, 0.1) is 0 Å². The molecule has 0 unspecified atom stereocenters. The zero-order chi connectivity index (χ0) is 26.7. The van der Waals surface area contributed by atoms with E-state index in [1.165, 1.54) is 4.90 Å². The van der Waals surface area contributed by atoms with Gasteiger partial charge < -0.3 is 19.9 Å². The summed E-state index contributed by atoms with van der Waals surface area (Å²) >= 11 is 0. The second-order valence-electron chi connectivity index (χ2n) is 10.9. The van der Waals surface area contributed by atoms with Crippen LogP contribution in [0.5, 0.6) is 0 Å². The van der Waals surface area contributed by atoms with Crippen LogP contribution in [0.15, 0.2) is 18.2 Å². The summed E-state index contributed by atoms with van der Waals surface area (Å²) in [5, 5.41) is 2.58.